The molecule has 2 N–H and O–H groups in total. The first kappa shape index (κ1) is 13.4. The van der Waals surface area contributed by atoms with Crippen molar-refractivity contribution in [3.8, 4) is 0 Å². The van der Waals surface area contributed by atoms with Crippen LogP contribution in [0.1, 0.15) is 12.5 Å². The second-order valence-corrected chi connectivity index (χ2v) is 4.38. The summed E-state index contributed by atoms with van der Waals surface area (Å²) in [7, 11) is 0. The first-order valence-corrected chi connectivity index (χ1v) is 5.61. The van der Waals surface area contributed by atoms with Gasteiger partial charge in [-0.1, -0.05) is 0 Å². The molecule has 0 fully saturated rings. The second-order valence-electron chi connectivity index (χ2n) is 3.53. The van der Waals surface area contributed by atoms with Gasteiger partial charge in [0.25, 0.3) is 11.5 Å². The lowest BCUT2D eigenvalue weighted by Crippen LogP contribution is -2.43. The number of hydrazine groups is 1. The average Bonchev–Trinajstić information content (AvgIpc) is 2.22. The minimum absolute atomic E-state index is 0.153. The van der Waals surface area contributed by atoms with Crippen LogP contribution >= 0.6 is 15.9 Å². The number of amides is 2. The Morgan fingerprint density at radius 2 is 2.06 bits per heavy atom. The smallest absolute Gasteiger partial charge is 0.265 e. The van der Waals surface area contributed by atoms with Gasteiger partial charge >= 0.3 is 0 Å². The molecule has 0 bridgehead atoms. The van der Waals surface area contributed by atoms with Gasteiger partial charge in [-0.15, -0.1) is 0 Å². The van der Waals surface area contributed by atoms with E-state index in [1.807, 2.05) is 6.92 Å². The van der Waals surface area contributed by atoms with Gasteiger partial charge in [-0.2, -0.15) is 0 Å². The topological polar surface area (TPSA) is 80.2 Å². The van der Waals surface area contributed by atoms with E-state index in [-0.39, 0.29) is 18.0 Å². The van der Waals surface area contributed by atoms with Crippen molar-refractivity contribution in [2.45, 2.75) is 20.4 Å². The maximum Gasteiger partial charge on any atom is 0.265 e. The summed E-state index contributed by atoms with van der Waals surface area (Å²) in [5.74, 6) is -0.851. The van der Waals surface area contributed by atoms with Crippen molar-refractivity contribution in [3.05, 3.63) is 32.7 Å². The molecule has 0 aromatic carbocycles. The molecule has 1 heterocycles. The molecule has 0 atom stereocenters. The van der Waals surface area contributed by atoms with Crippen LogP contribution in [0.4, 0.5) is 0 Å². The summed E-state index contributed by atoms with van der Waals surface area (Å²) in [4.78, 5) is 33.6. The van der Waals surface area contributed by atoms with Gasteiger partial charge in [-0.3, -0.25) is 25.2 Å². The molecule has 1 rings (SSSR count). The molecule has 0 radical (unpaired) electrons. The highest BCUT2D eigenvalue weighted by molar-refractivity contribution is 9.10. The van der Waals surface area contributed by atoms with E-state index in [0.717, 1.165) is 5.56 Å². The minimum atomic E-state index is -0.472. The fourth-order valence-corrected chi connectivity index (χ4v) is 1.80. The molecule has 17 heavy (non-hydrogen) atoms. The van der Waals surface area contributed by atoms with Gasteiger partial charge in [0.15, 0.2) is 0 Å². The van der Waals surface area contributed by atoms with Gasteiger partial charge < -0.3 is 4.57 Å². The number of halogens is 1. The van der Waals surface area contributed by atoms with Gasteiger partial charge in [0.05, 0.1) is 4.47 Å². The molecule has 92 valence electrons. The third-order valence-corrected chi connectivity index (χ3v) is 2.44. The Balaban J connectivity index is 2.78. The predicted molar refractivity (Wildman–Crippen MR) is 65.1 cm³/mol. The minimum Gasteiger partial charge on any atom is -0.305 e. The molecule has 0 aliphatic heterocycles. The largest absolute Gasteiger partial charge is 0.305 e. The molecular weight excluding hydrogens is 290 g/mol. The number of hydrogen-bond donors (Lipinski definition) is 2. The lowest BCUT2D eigenvalue weighted by Gasteiger charge is -2.08. The molecule has 1 aromatic rings. The summed E-state index contributed by atoms with van der Waals surface area (Å²) in [6, 6.07) is 1.67. The maximum absolute atomic E-state index is 11.6. The van der Waals surface area contributed by atoms with E-state index in [0.29, 0.717) is 4.47 Å². The van der Waals surface area contributed by atoms with E-state index in [4.69, 9.17) is 0 Å². The normalized spacial score (nSPS) is 9.82. The number of hydrogen-bond acceptors (Lipinski definition) is 3. The Morgan fingerprint density at radius 1 is 1.41 bits per heavy atom. The van der Waals surface area contributed by atoms with E-state index in [2.05, 4.69) is 26.8 Å². The highest BCUT2D eigenvalue weighted by Gasteiger charge is 2.07. The zero-order valence-corrected chi connectivity index (χ0v) is 11.0. The van der Waals surface area contributed by atoms with E-state index in [1.165, 1.54) is 11.5 Å². The van der Waals surface area contributed by atoms with Crippen LogP contribution < -0.4 is 16.4 Å². The molecule has 2 amide bonds. The number of carbonyl (C=O) groups excluding carboxylic acids is 2. The number of pyridine rings is 1. The molecule has 7 heteroatoms. The van der Waals surface area contributed by atoms with E-state index >= 15 is 0 Å². The Morgan fingerprint density at radius 3 is 2.65 bits per heavy atom. The van der Waals surface area contributed by atoms with Gasteiger partial charge in [0, 0.05) is 13.1 Å². The number of rotatable bonds is 2. The number of nitrogens with zero attached hydrogens (tertiary/aromatic N) is 1. The van der Waals surface area contributed by atoms with Crippen molar-refractivity contribution in [2.75, 3.05) is 0 Å². The van der Waals surface area contributed by atoms with Crippen LogP contribution in [-0.4, -0.2) is 16.4 Å². The van der Waals surface area contributed by atoms with Crippen molar-refractivity contribution in [1.29, 1.82) is 0 Å². The summed E-state index contributed by atoms with van der Waals surface area (Å²) in [5.41, 5.74) is 4.89. The van der Waals surface area contributed by atoms with E-state index < -0.39 is 5.91 Å². The molecule has 0 unspecified atom stereocenters. The Hall–Kier alpha value is -1.63. The molecule has 0 aliphatic carbocycles. The van der Waals surface area contributed by atoms with Crippen LogP contribution in [0.2, 0.25) is 0 Å². The fraction of sp³-hybridized carbons (Fsp3) is 0.300. The van der Waals surface area contributed by atoms with E-state index in [9.17, 15) is 14.4 Å². The zero-order chi connectivity index (χ0) is 13.0. The highest BCUT2D eigenvalue weighted by Crippen LogP contribution is 2.05. The van der Waals surface area contributed by atoms with Crippen molar-refractivity contribution < 1.29 is 9.59 Å². The quantitative estimate of drug-likeness (QED) is 0.760. The summed E-state index contributed by atoms with van der Waals surface area (Å²) < 4.78 is 1.65. The van der Waals surface area contributed by atoms with Crippen molar-refractivity contribution in [1.82, 2.24) is 15.4 Å². The SMILES string of the molecule is CC(=O)NNC(=O)Cn1cc(C)cc(Br)c1=O. The van der Waals surface area contributed by atoms with Crippen LogP contribution in [0.3, 0.4) is 0 Å². The lowest BCUT2D eigenvalue weighted by molar-refractivity contribution is -0.128. The molecular formula is C10H12BrN3O3. The monoisotopic (exact) mass is 301 g/mol. The van der Waals surface area contributed by atoms with Crippen molar-refractivity contribution >= 4 is 27.7 Å². The molecule has 0 spiro atoms. The predicted octanol–water partition coefficient (Wildman–Crippen LogP) is 0.0865. The molecule has 6 nitrogen and oxygen atoms in total. The van der Waals surface area contributed by atoms with Crippen LogP contribution in [-0.2, 0) is 16.1 Å². The standard InChI is InChI=1S/C10H12BrN3O3/c1-6-3-8(11)10(17)14(4-6)5-9(16)13-12-7(2)15/h3-4H,5H2,1-2H3,(H,12,15)(H,13,16). The summed E-state index contributed by atoms with van der Waals surface area (Å²) >= 11 is 3.11. The number of nitrogens with one attached hydrogen (secondary N) is 2. The van der Waals surface area contributed by atoms with Crippen LogP contribution in [0.25, 0.3) is 0 Å². The highest BCUT2D eigenvalue weighted by atomic mass is 79.9. The van der Waals surface area contributed by atoms with Crippen LogP contribution in [0, 0.1) is 6.92 Å². The summed E-state index contributed by atoms with van der Waals surface area (Å²) in [5, 5.41) is 0. The van der Waals surface area contributed by atoms with Gasteiger partial charge in [-0.05, 0) is 34.5 Å². The molecule has 0 saturated carbocycles. The molecule has 0 aliphatic rings. The second kappa shape index (κ2) is 5.62. The van der Waals surface area contributed by atoms with Crippen molar-refractivity contribution in [3.63, 3.8) is 0 Å². The first-order valence-electron chi connectivity index (χ1n) is 4.82. The van der Waals surface area contributed by atoms with Crippen molar-refractivity contribution in [2.24, 2.45) is 0 Å². The van der Waals surface area contributed by atoms with Gasteiger partial charge in [-0.25, -0.2) is 0 Å². The Kier molecular flexibility index (Phi) is 4.45. The lowest BCUT2D eigenvalue weighted by atomic mass is 10.3. The van der Waals surface area contributed by atoms with Gasteiger partial charge in [0.2, 0.25) is 5.91 Å². The zero-order valence-electron chi connectivity index (χ0n) is 9.41. The average molecular weight is 302 g/mol. The Bertz CT molecular complexity index is 510. The summed E-state index contributed by atoms with van der Waals surface area (Å²) in [6.45, 7) is 2.93. The fourth-order valence-electron chi connectivity index (χ4n) is 1.21. The first-order chi connectivity index (χ1) is 7.90. The number of aromatic nitrogens is 1. The molecule has 1 aromatic heterocycles. The van der Waals surface area contributed by atoms with E-state index in [1.54, 1.807) is 12.3 Å². The maximum atomic E-state index is 11.6. The third-order valence-electron chi connectivity index (χ3n) is 1.87. The third kappa shape index (κ3) is 4.03. The van der Waals surface area contributed by atoms with Crippen LogP contribution in [0.15, 0.2) is 21.5 Å². The number of aryl methyl sites for hydroxylation is 1. The molecule has 0 saturated heterocycles. The Labute approximate surface area is 106 Å². The van der Waals surface area contributed by atoms with Crippen LogP contribution in [0.5, 0.6) is 0 Å². The summed E-state index contributed by atoms with van der Waals surface area (Å²) in [6.07, 6.45) is 1.57. The number of carbonyl (C=O) groups is 2. The van der Waals surface area contributed by atoms with Gasteiger partial charge in [0.1, 0.15) is 6.54 Å².